The van der Waals surface area contributed by atoms with Crippen molar-refractivity contribution in [1.82, 2.24) is 4.57 Å². The lowest BCUT2D eigenvalue weighted by Gasteiger charge is -2.46. The van der Waals surface area contributed by atoms with Crippen molar-refractivity contribution in [3.63, 3.8) is 0 Å². The minimum Gasteiger partial charge on any atom is -0.311 e. The number of benzene rings is 11. The first kappa shape index (κ1) is 40.8. The molecule has 0 unspecified atom stereocenters. The van der Waals surface area contributed by atoms with Gasteiger partial charge in [-0.2, -0.15) is 0 Å². The topological polar surface area (TPSA) is 14.7 Å². The van der Waals surface area contributed by atoms with Crippen LogP contribution in [0.15, 0.2) is 273 Å². The van der Waals surface area contributed by atoms with E-state index in [1.165, 1.54) is 93.1 Å². The zero-order chi connectivity index (χ0) is 47.3. The highest BCUT2D eigenvalue weighted by molar-refractivity contribution is 7.21. The van der Waals surface area contributed by atoms with Crippen LogP contribution in [0.2, 0.25) is 0 Å². The molecule has 0 fully saturated rings. The molecule has 336 valence electrons. The Balaban J connectivity index is 1.02. The van der Waals surface area contributed by atoms with Crippen molar-refractivity contribution < 1.29 is 0 Å². The fourth-order valence-corrected chi connectivity index (χ4v) is 17.9. The van der Waals surface area contributed by atoms with Crippen molar-refractivity contribution in [3.05, 3.63) is 273 Å². The number of para-hydroxylation sites is 7. The first-order valence-electron chi connectivity index (χ1n) is 25.0. The third kappa shape index (κ3) is 5.75. The summed E-state index contributed by atoms with van der Waals surface area (Å²) in [5.41, 5.74) is 17.9. The Kier molecular flexibility index (Phi) is 9.04. The summed E-state index contributed by atoms with van der Waals surface area (Å²) in [6.07, 6.45) is 0. The van der Waals surface area contributed by atoms with Gasteiger partial charge in [0.1, 0.15) is 0 Å². The Morgan fingerprint density at radius 3 is 1.24 bits per heavy atom. The predicted octanol–water partition coefficient (Wildman–Crippen LogP) is 12.0. The van der Waals surface area contributed by atoms with Crippen molar-refractivity contribution in [2.75, 3.05) is 14.7 Å². The highest BCUT2D eigenvalue weighted by Crippen LogP contribution is 2.47. The van der Waals surface area contributed by atoms with E-state index >= 15 is 0 Å². The fourth-order valence-electron chi connectivity index (χ4n) is 12.8. The van der Waals surface area contributed by atoms with Crippen molar-refractivity contribution in [2.45, 2.75) is 0 Å². The molecular weight excluding hydrogens is 888 g/mol. The number of hydrogen-bond donors (Lipinski definition) is 0. The molecule has 3 aliphatic heterocycles. The fraction of sp³-hybridized carbons (Fsp3) is 0. The van der Waals surface area contributed by atoms with E-state index in [1.54, 1.807) is 0 Å². The molecule has 0 aliphatic carbocycles. The maximum absolute atomic E-state index is 2.81. The molecule has 4 heterocycles. The smallest absolute Gasteiger partial charge is 0.252 e. The maximum atomic E-state index is 2.56. The van der Waals surface area contributed by atoms with E-state index < -0.39 is 8.07 Å². The zero-order valence-electron chi connectivity index (χ0n) is 39.3. The molecule has 3 aliphatic rings. The summed E-state index contributed by atoms with van der Waals surface area (Å²) >= 11 is 0. The molecule has 0 saturated heterocycles. The van der Waals surface area contributed by atoms with E-state index in [9.17, 15) is 0 Å². The van der Waals surface area contributed by atoms with Crippen LogP contribution in [0.5, 0.6) is 0 Å². The molecule has 0 spiro atoms. The van der Waals surface area contributed by atoms with Crippen LogP contribution < -0.4 is 51.8 Å². The van der Waals surface area contributed by atoms with Gasteiger partial charge in [0.15, 0.2) is 8.07 Å². The maximum Gasteiger partial charge on any atom is 0.252 e. The van der Waals surface area contributed by atoms with Crippen LogP contribution >= 0.6 is 0 Å². The monoisotopic (exact) mass is 932 g/mol. The lowest BCUT2D eigenvalue weighted by Crippen LogP contribution is -2.77. The van der Waals surface area contributed by atoms with Gasteiger partial charge in [-0.25, -0.2) is 0 Å². The van der Waals surface area contributed by atoms with Crippen molar-refractivity contribution in [2.24, 2.45) is 0 Å². The molecule has 12 aromatic rings. The summed E-state index contributed by atoms with van der Waals surface area (Å²) in [5.74, 6) is 0. The Bertz CT molecular complexity index is 3920. The van der Waals surface area contributed by atoms with E-state index in [-0.39, 0.29) is 6.71 Å². The van der Waals surface area contributed by atoms with Crippen LogP contribution in [0.3, 0.4) is 0 Å². The van der Waals surface area contributed by atoms with Gasteiger partial charge in [0.2, 0.25) is 0 Å². The average molecular weight is 933 g/mol. The number of anilines is 9. The van der Waals surface area contributed by atoms with Gasteiger partial charge in [0.05, 0.1) is 16.7 Å². The first-order valence-corrected chi connectivity index (χ1v) is 27.0. The molecule has 15 rings (SSSR count). The van der Waals surface area contributed by atoms with E-state index in [2.05, 4.69) is 292 Å². The number of hydrogen-bond acceptors (Lipinski definition) is 3. The number of fused-ring (bicyclic) bond motifs is 9. The molecule has 0 amide bonds. The van der Waals surface area contributed by atoms with Crippen LogP contribution in [-0.2, 0) is 0 Å². The van der Waals surface area contributed by atoms with Gasteiger partial charge in [-0.05, 0) is 122 Å². The summed E-state index contributed by atoms with van der Waals surface area (Å²) in [6, 6.07) is 102. The van der Waals surface area contributed by atoms with Crippen molar-refractivity contribution in [3.8, 4) is 5.69 Å². The van der Waals surface area contributed by atoms with Gasteiger partial charge in [-0.3, -0.25) is 0 Å². The van der Waals surface area contributed by atoms with Gasteiger partial charge in [-0.1, -0.05) is 188 Å². The zero-order valence-corrected chi connectivity index (χ0v) is 40.3. The minimum atomic E-state index is -2.81. The number of aromatic nitrogens is 1. The van der Waals surface area contributed by atoms with Gasteiger partial charge in [0, 0.05) is 62.0 Å². The van der Waals surface area contributed by atoms with Gasteiger partial charge >= 0.3 is 0 Å². The molecule has 0 atom stereocenters. The standard InChI is InChI=1S/C66H45BN4Si/c1-5-23-46(24-6-1)68-58-36-18-15-33-54(58)67-55-43-48(70-60-37-19-21-39-64(60)72(50-27-9-3-10-28-50,51-29-11-4-12-30-51)65-40-22-20-38-61(65)70)41-42-59(55)69(47-25-7-2-8-26-47)63-45-49(44-62(68)66(63)67)71-56-34-16-13-31-52(56)53-32-14-17-35-57(53)71/h1-45H. The Morgan fingerprint density at radius 1 is 0.278 bits per heavy atom. The number of rotatable bonds is 6. The lowest BCUT2D eigenvalue weighted by molar-refractivity contribution is 1.16. The molecule has 0 N–H and O–H groups in total. The third-order valence-electron chi connectivity index (χ3n) is 15.6. The molecule has 72 heavy (non-hydrogen) atoms. The largest absolute Gasteiger partial charge is 0.311 e. The van der Waals surface area contributed by atoms with Crippen LogP contribution in [0, 0.1) is 0 Å². The van der Waals surface area contributed by atoms with Crippen molar-refractivity contribution >= 4 is 125 Å². The summed E-state index contributed by atoms with van der Waals surface area (Å²) in [7, 11) is -2.81. The number of nitrogens with zero attached hydrogens (tertiary/aromatic N) is 4. The molecule has 1 aromatic heterocycles. The summed E-state index contributed by atoms with van der Waals surface area (Å²) < 4.78 is 2.47. The summed E-state index contributed by atoms with van der Waals surface area (Å²) in [6.45, 7) is -0.0781. The summed E-state index contributed by atoms with van der Waals surface area (Å²) in [5, 5.41) is 8.02. The second kappa shape index (κ2) is 16.0. The van der Waals surface area contributed by atoms with Gasteiger partial charge in [-0.15, -0.1) is 0 Å². The van der Waals surface area contributed by atoms with E-state index in [0.29, 0.717) is 0 Å². The summed E-state index contributed by atoms with van der Waals surface area (Å²) in [4.78, 5) is 7.60. The highest BCUT2D eigenvalue weighted by Gasteiger charge is 2.49. The highest BCUT2D eigenvalue weighted by atomic mass is 28.3. The Hall–Kier alpha value is -9.10. The second-order valence-electron chi connectivity index (χ2n) is 19.2. The molecule has 4 nitrogen and oxygen atoms in total. The average Bonchev–Trinajstić information content (AvgIpc) is 3.80. The molecule has 11 aromatic carbocycles. The molecular formula is C66H45BN4Si. The third-order valence-corrected chi connectivity index (χ3v) is 20.4. The Labute approximate surface area is 420 Å². The molecule has 0 saturated carbocycles. The molecule has 0 bridgehead atoms. The lowest BCUT2D eigenvalue weighted by atomic mass is 9.33. The SMILES string of the molecule is c1ccc(N2c3ccccc3B3c4cc(N5c6ccccc6[Si](c6ccccc6)(c6ccccc6)c6ccccc65)ccc4N(c4ccccc4)c4cc(-n5c6ccccc6c6ccccc65)cc2c43)cc1. The quantitative estimate of drug-likeness (QED) is 0.154. The predicted molar refractivity (Wildman–Crippen MR) is 307 cm³/mol. The van der Waals surface area contributed by atoms with Crippen LogP contribution in [0.1, 0.15) is 0 Å². The van der Waals surface area contributed by atoms with Gasteiger partial charge < -0.3 is 19.3 Å². The van der Waals surface area contributed by atoms with Crippen molar-refractivity contribution in [1.29, 1.82) is 0 Å². The second-order valence-corrected chi connectivity index (χ2v) is 22.9. The van der Waals surface area contributed by atoms with Crippen LogP contribution in [-0.4, -0.2) is 19.4 Å². The van der Waals surface area contributed by atoms with E-state index in [0.717, 1.165) is 22.7 Å². The van der Waals surface area contributed by atoms with E-state index in [1.807, 2.05) is 0 Å². The normalized spacial score (nSPS) is 13.8. The van der Waals surface area contributed by atoms with Crippen LogP contribution in [0.4, 0.5) is 51.2 Å². The molecule has 6 heteroatoms. The van der Waals surface area contributed by atoms with Gasteiger partial charge in [0.25, 0.3) is 6.71 Å². The molecule has 0 radical (unpaired) electrons. The van der Waals surface area contributed by atoms with E-state index in [4.69, 9.17) is 0 Å². The first-order chi connectivity index (χ1) is 35.8. The van der Waals surface area contributed by atoms with Crippen LogP contribution in [0.25, 0.3) is 27.5 Å². The minimum absolute atomic E-state index is 0.0781. The Morgan fingerprint density at radius 2 is 0.694 bits per heavy atom.